The van der Waals surface area contributed by atoms with Gasteiger partial charge in [-0.3, -0.25) is 4.79 Å². The first-order valence-electron chi connectivity index (χ1n) is 9.35. The number of fused-ring (bicyclic) bond motifs is 1. The molecule has 28 heavy (non-hydrogen) atoms. The molecule has 0 bridgehead atoms. The summed E-state index contributed by atoms with van der Waals surface area (Å²) < 4.78 is 11.9. The lowest BCUT2D eigenvalue weighted by atomic mass is 9.98. The average molecular weight is 381 g/mol. The summed E-state index contributed by atoms with van der Waals surface area (Å²) in [4.78, 5) is 25.7. The van der Waals surface area contributed by atoms with Crippen LogP contribution in [-0.2, 0) is 26.5 Å². The number of carbonyl (C=O) groups excluding carboxylic acids is 2. The van der Waals surface area contributed by atoms with Crippen LogP contribution in [0.15, 0.2) is 48.5 Å². The molecule has 2 aromatic rings. The minimum atomic E-state index is -0.904. The Hall–Kier alpha value is -2.90. The Morgan fingerprint density at radius 1 is 1.14 bits per heavy atom. The highest BCUT2D eigenvalue weighted by Gasteiger charge is 2.39. The molecular formula is C21H23N3O4. The van der Waals surface area contributed by atoms with Crippen LogP contribution < -0.4 is 15.5 Å². The topological polar surface area (TPSA) is 79.9 Å². The molecule has 7 heteroatoms. The van der Waals surface area contributed by atoms with Gasteiger partial charge < -0.3 is 25.0 Å². The maximum Gasteiger partial charge on any atom is 0.319 e. The minimum absolute atomic E-state index is 0.0775. The van der Waals surface area contributed by atoms with Crippen molar-refractivity contribution < 1.29 is 19.1 Å². The van der Waals surface area contributed by atoms with Gasteiger partial charge in [0.15, 0.2) is 5.79 Å². The molecule has 0 saturated carbocycles. The molecule has 2 heterocycles. The predicted molar refractivity (Wildman–Crippen MR) is 105 cm³/mol. The van der Waals surface area contributed by atoms with Crippen LogP contribution in [0.2, 0.25) is 0 Å². The number of rotatable bonds is 5. The summed E-state index contributed by atoms with van der Waals surface area (Å²) in [6, 6.07) is 14.8. The summed E-state index contributed by atoms with van der Waals surface area (Å²) in [6.07, 6.45) is 0.852. The van der Waals surface area contributed by atoms with Crippen molar-refractivity contribution in [3.8, 4) is 0 Å². The number of para-hydroxylation sites is 1. The van der Waals surface area contributed by atoms with Gasteiger partial charge in [0.2, 0.25) is 5.91 Å². The molecule has 0 atom stereocenters. The number of urea groups is 1. The highest BCUT2D eigenvalue weighted by atomic mass is 16.7. The second-order valence-electron chi connectivity index (χ2n) is 6.92. The molecule has 1 fully saturated rings. The smallest absolute Gasteiger partial charge is 0.319 e. The Balaban J connectivity index is 1.42. The molecule has 0 spiro atoms. The average Bonchev–Trinajstić information content (AvgIpc) is 3.28. The van der Waals surface area contributed by atoms with Gasteiger partial charge >= 0.3 is 6.03 Å². The lowest BCUT2D eigenvalue weighted by molar-refractivity contribution is -0.169. The Bertz CT molecular complexity index is 878. The molecule has 2 aliphatic heterocycles. The lowest BCUT2D eigenvalue weighted by Gasteiger charge is -2.28. The molecule has 1 saturated heterocycles. The number of benzene rings is 2. The van der Waals surface area contributed by atoms with E-state index in [2.05, 4.69) is 10.6 Å². The zero-order valence-electron chi connectivity index (χ0n) is 15.7. The standard InChI is InChI=1S/C21H23N3O4/c1-24-18-8-7-16(13-15(18)14-19(24)25)21(27-11-12-28-21)9-10-22-20(26)23-17-5-3-2-4-6-17/h2-8,13H,9-12,14H2,1H3,(H2,22,23,26). The van der Waals surface area contributed by atoms with E-state index in [0.29, 0.717) is 32.6 Å². The number of amides is 3. The number of likely N-dealkylation sites (N-methyl/N-ethyl adjacent to an activating group) is 1. The van der Waals surface area contributed by atoms with E-state index < -0.39 is 5.79 Å². The predicted octanol–water partition coefficient (Wildman–Crippen LogP) is 2.62. The fourth-order valence-electron chi connectivity index (χ4n) is 3.65. The highest BCUT2D eigenvalue weighted by Crippen LogP contribution is 2.38. The zero-order chi connectivity index (χ0) is 19.6. The Morgan fingerprint density at radius 3 is 2.64 bits per heavy atom. The first-order chi connectivity index (χ1) is 13.6. The molecule has 2 aromatic carbocycles. The summed E-state index contributed by atoms with van der Waals surface area (Å²) in [7, 11) is 1.78. The molecule has 0 aromatic heterocycles. The third kappa shape index (κ3) is 3.58. The van der Waals surface area contributed by atoms with Gasteiger partial charge in [0.1, 0.15) is 0 Å². The number of nitrogens with zero attached hydrogens (tertiary/aromatic N) is 1. The van der Waals surface area contributed by atoms with Crippen molar-refractivity contribution in [1.82, 2.24) is 5.32 Å². The van der Waals surface area contributed by atoms with Gasteiger partial charge in [-0.25, -0.2) is 4.79 Å². The number of anilines is 2. The summed E-state index contributed by atoms with van der Waals surface area (Å²) in [6.45, 7) is 1.37. The SMILES string of the molecule is CN1C(=O)Cc2cc(C3(CCNC(=O)Nc4ccccc4)OCCO3)ccc21. The van der Waals surface area contributed by atoms with Crippen molar-refractivity contribution in [1.29, 1.82) is 0 Å². The molecule has 0 unspecified atom stereocenters. The van der Waals surface area contributed by atoms with Crippen LogP contribution in [0.3, 0.4) is 0 Å². The third-order valence-corrected chi connectivity index (χ3v) is 5.12. The van der Waals surface area contributed by atoms with E-state index in [1.54, 1.807) is 11.9 Å². The minimum Gasteiger partial charge on any atom is -0.343 e. The lowest BCUT2D eigenvalue weighted by Crippen LogP contribution is -2.36. The number of carbonyl (C=O) groups is 2. The maximum absolute atomic E-state index is 12.1. The molecule has 7 nitrogen and oxygen atoms in total. The van der Waals surface area contributed by atoms with E-state index >= 15 is 0 Å². The largest absolute Gasteiger partial charge is 0.343 e. The van der Waals surface area contributed by atoms with Crippen molar-refractivity contribution in [3.05, 3.63) is 59.7 Å². The maximum atomic E-state index is 12.1. The first-order valence-corrected chi connectivity index (χ1v) is 9.35. The van der Waals surface area contributed by atoms with E-state index in [9.17, 15) is 9.59 Å². The second kappa shape index (κ2) is 7.61. The summed E-state index contributed by atoms with van der Waals surface area (Å²) in [5, 5.41) is 5.64. The number of hydrogen-bond acceptors (Lipinski definition) is 4. The molecule has 4 rings (SSSR count). The Labute approximate surface area is 163 Å². The normalized spacial score (nSPS) is 17.5. The van der Waals surface area contributed by atoms with Crippen LogP contribution in [0.5, 0.6) is 0 Å². The van der Waals surface area contributed by atoms with Crippen molar-refractivity contribution in [2.45, 2.75) is 18.6 Å². The van der Waals surface area contributed by atoms with Gasteiger partial charge in [0.25, 0.3) is 0 Å². The van der Waals surface area contributed by atoms with E-state index in [-0.39, 0.29) is 11.9 Å². The Kier molecular flexibility index (Phi) is 5.02. The van der Waals surface area contributed by atoms with Crippen LogP contribution in [-0.4, -0.2) is 38.7 Å². The summed E-state index contributed by atoms with van der Waals surface area (Å²) in [5.74, 6) is -0.826. The number of hydrogen-bond donors (Lipinski definition) is 2. The zero-order valence-corrected chi connectivity index (χ0v) is 15.7. The molecule has 146 valence electrons. The van der Waals surface area contributed by atoms with E-state index in [4.69, 9.17) is 9.47 Å². The van der Waals surface area contributed by atoms with Gasteiger partial charge in [-0.05, 0) is 29.8 Å². The van der Waals surface area contributed by atoms with Gasteiger partial charge in [-0.2, -0.15) is 0 Å². The summed E-state index contributed by atoms with van der Waals surface area (Å²) >= 11 is 0. The van der Waals surface area contributed by atoms with Crippen LogP contribution in [0, 0.1) is 0 Å². The molecule has 2 aliphatic rings. The fourth-order valence-corrected chi connectivity index (χ4v) is 3.65. The third-order valence-electron chi connectivity index (χ3n) is 5.12. The van der Waals surface area contributed by atoms with Crippen LogP contribution >= 0.6 is 0 Å². The quantitative estimate of drug-likeness (QED) is 0.834. The monoisotopic (exact) mass is 381 g/mol. The fraction of sp³-hybridized carbons (Fsp3) is 0.333. The molecule has 2 N–H and O–H groups in total. The van der Waals surface area contributed by atoms with Gasteiger partial charge in [-0.15, -0.1) is 0 Å². The van der Waals surface area contributed by atoms with E-state index in [1.807, 2.05) is 48.5 Å². The van der Waals surface area contributed by atoms with Crippen LogP contribution in [0.25, 0.3) is 0 Å². The van der Waals surface area contributed by atoms with E-state index in [0.717, 1.165) is 22.5 Å². The van der Waals surface area contributed by atoms with Crippen molar-refractivity contribution >= 4 is 23.3 Å². The Morgan fingerprint density at radius 2 is 1.89 bits per heavy atom. The van der Waals surface area contributed by atoms with Gasteiger partial charge in [0, 0.05) is 37.0 Å². The van der Waals surface area contributed by atoms with Gasteiger partial charge in [-0.1, -0.05) is 24.3 Å². The van der Waals surface area contributed by atoms with Gasteiger partial charge in [0.05, 0.1) is 19.6 Å². The van der Waals surface area contributed by atoms with Crippen molar-refractivity contribution in [3.63, 3.8) is 0 Å². The molecule has 0 radical (unpaired) electrons. The number of nitrogens with one attached hydrogen (secondary N) is 2. The molecule has 0 aliphatic carbocycles. The molecular weight excluding hydrogens is 358 g/mol. The highest BCUT2D eigenvalue weighted by molar-refractivity contribution is 6.01. The number of ether oxygens (including phenoxy) is 2. The van der Waals surface area contributed by atoms with Crippen LogP contribution in [0.1, 0.15) is 17.5 Å². The molecule has 3 amide bonds. The van der Waals surface area contributed by atoms with Crippen LogP contribution in [0.4, 0.5) is 16.2 Å². The summed E-state index contributed by atoms with van der Waals surface area (Å²) in [5.41, 5.74) is 3.49. The van der Waals surface area contributed by atoms with E-state index in [1.165, 1.54) is 0 Å². The van der Waals surface area contributed by atoms with Crippen molar-refractivity contribution in [2.75, 3.05) is 37.0 Å². The first kappa shape index (κ1) is 18.5. The van der Waals surface area contributed by atoms with Crippen molar-refractivity contribution in [2.24, 2.45) is 0 Å². The second-order valence-corrected chi connectivity index (χ2v) is 6.92.